The monoisotopic (exact) mass is 193 g/mol. The molecule has 1 rings (SSSR count). The summed E-state index contributed by atoms with van der Waals surface area (Å²) in [6, 6.07) is 7.28. The summed E-state index contributed by atoms with van der Waals surface area (Å²) >= 11 is 0. The molecule has 0 heterocycles. The number of aliphatic imine (C=N–C) groups is 1. The second-order valence-corrected chi connectivity index (χ2v) is 2.61. The fourth-order valence-corrected chi connectivity index (χ4v) is 0.995. The van der Waals surface area contributed by atoms with E-state index in [9.17, 15) is 4.79 Å². The molecule has 1 aromatic rings. The van der Waals surface area contributed by atoms with E-state index in [0.29, 0.717) is 5.75 Å². The van der Waals surface area contributed by atoms with Crippen LogP contribution in [0, 0.1) is 0 Å². The molecule has 0 spiro atoms. The van der Waals surface area contributed by atoms with Crippen LogP contribution in [0.25, 0.3) is 0 Å². The van der Waals surface area contributed by atoms with E-state index in [1.165, 1.54) is 6.21 Å². The first-order chi connectivity index (χ1) is 6.74. The Balaban J connectivity index is 2.75. The summed E-state index contributed by atoms with van der Waals surface area (Å²) < 4.78 is 5.06. The third-order valence-electron chi connectivity index (χ3n) is 1.60. The zero-order valence-corrected chi connectivity index (χ0v) is 7.80. The highest BCUT2D eigenvalue weighted by Crippen LogP contribution is 2.14. The van der Waals surface area contributed by atoms with Crippen LogP contribution in [0.5, 0.6) is 5.75 Å². The molecular weight excluding hydrogens is 182 g/mol. The molecule has 0 bridgehead atoms. The number of aliphatic carboxylic acids is 1. The third-order valence-corrected chi connectivity index (χ3v) is 1.60. The van der Waals surface area contributed by atoms with Crippen LogP contribution in [0.2, 0.25) is 0 Å². The molecule has 0 aliphatic heterocycles. The molecule has 0 unspecified atom stereocenters. The van der Waals surface area contributed by atoms with Crippen molar-refractivity contribution >= 4 is 12.2 Å². The molecule has 1 N–H and O–H groups in total. The van der Waals surface area contributed by atoms with Gasteiger partial charge in [0.25, 0.3) is 0 Å². The van der Waals surface area contributed by atoms with Gasteiger partial charge in [-0.15, -0.1) is 0 Å². The van der Waals surface area contributed by atoms with Crippen LogP contribution in [-0.2, 0) is 4.79 Å². The van der Waals surface area contributed by atoms with Gasteiger partial charge in [0, 0.05) is 11.8 Å². The maximum Gasteiger partial charge on any atom is 0.325 e. The number of nitrogens with zero attached hydrogens (tertiary/aromatic N) is 1. The normalized spacial score (nSPS) is 10.4. The van der Waals surface area contributed by atoms with E-state index in [1.807, 2.05) is 18.2 Å². The van der Waals surface area contributed by atoms with Crippen LogP contribution in [0.3, 0.4) is 0 Å². The van der Waals surface area contributed by atoms with Crippen LogP contribution in [-0.4, -0.2) is 30.9 Å². The van der Waals surface area contributed by atoms with E-state index >= 15 is 0 Å². The first-order valence-electron chi connectivity index (χ1n) is 4.08. The Morgan fingerprint density at radius 1 is 1.57 bits per heavy atom. The Morgan fingerprint density at radius 3 is 2.93 bits per heavy atom. The Hall–Kier alpha value is -1.84. The minimum absolute atomic E-state index is 0.224. The number of rotatable bonds is 4. The van der Waals surface area contributed by atoms with Crippen molar-refractivity contribution in [2.75, 3.05) is 13.7 Å². The van der Waals surface area contributed by atoms with Gasteiger partial charge >= 0.3 is 5.97 Å². The van der Waals surface area contributed by atoms with E-state index in [2.05, 4.69) is 4.99 Å². The van der Waals surface area contributed by atoms with E-state index in [0.717, 1.165) is 5.56 Å². The maximum atomic E-state index is 10.2. The zero-order valence-electron chi connectivity index (χ0n) is 7.80. The lowest BCUT2D eigenvalue weighted by atomic mass is 10.2. The van der Waals surface area contributed by atoms with E-state index < -0.39 is 5.97 Å². The molecule has 0 aromatic heterocycles. The molecule has 0 aliphatic carbocycles. The standard InChI is InChI=1S/C10H11NO3/c1-14-9-5-3-2-4-8(9)6-11-7-10(12)13/h2-6H,7H2,1H3,(H,12,13). The van der Waals surface area contributed by atoms with Crippen LogP contribution in [0.15, 0.2) is 29.3 Å². The maximum absolute atomic E-state index is 10.2. The highest BCUT2D eigenvalue weighted by molar-refractivity contribution is 5.85. The molecule has 0 aliphatic rings. The lowest BCUT2D eigenvalue weighted by Gasteiger charge is -2.02. The number of hydrogen-bond acceptors (Lipinski definition) is 3. The molecule has 0 atom stereocenters. The van der Waals surface area contributed by atoms with Crippen molar-refractivity contribution in [3.05, 3.63) is 29.8 Å². The van der Waals surface area contributed by atoms with Crippen molar-refractivity contribution in [2.24, 2.45) is 4.99 Å². The fourth-order valence-electron chi connectivity index (χ4n) is 0.995. The number of ether oxygens (including phenoxy) is 1. The van der Waals surface area contributed by atoms with Crippen LogP contribution in [0.4, 0.5) is 0 Å². The highest BCUT2D eigenvalue weighted by atomic mass is 16.5. The Labute approximate surface area is 81.9 Å². The largest absolute Gasteiger partial charge is 0.496 e. The number of benzene rings is 1. The molecule has 0 fully saturated rings. The molecule has 4 heteroatoms. The van der Waals surface area contributed by atoms with E-state index in [4.69, 9.17) is 9.84 Å². The minimum atomic E-state index is -0.948. The van der Waals surface area contributed by atoms with Crippen molar-refractivity contribution in [1.29, 1.82) is 0 Å². The van der Waals surface area contributed by atoms with Gasteiger partial charge in [-0.1, -0.05) is 12.1 Å². The van der Waals surface area contributed by atoms with Gasteiger partial charge in [-0.25, -0.2) is 0 Å². The van der Waals surface area contributed by atoms with Gasteiger partial charge in [0.1, 0.15) is 12.3 Å². The van der Waals surface area contributed by atoms with Crippen molar-refractivity contribution < 1.29 is 14.6 Å². The van der Waals surface area contributed by atoms with Crippen LogP contribution < -0.4 is 4.74 Å². The lowest BCUT2D eigenvalue weighted by Crippen LogP contribution is -1.99. The SMILES string of the molecule is COc1ccccc1C=NCC(=O)O. The molecule has 14 heavy (non-hydrogen) atoms. The number of carboxylic acids is 1. The van der Waals surface area contributed by atoms with E-state index in [1.54, 1.807) is 13.2 Å². The second-order valence-electron chi connectivity index (χ2n) is 2.61. The Morgan fingerprint density at radius 2 is 2.29 bits per heavy atom. The number of carbonyl (C=O) groups is 1. The summed E-state index contributed by atoms with van der Waals surface area (Å²) in [6.45, 7) is -0.224. The summed E-state index contributed by atoms with van der Waals surface area (Å²) in [5, 5.41) is 8.37. The van der Waals surface area contributed by atoms with Gasteiger partial charge in [0.05, 0.1) is 7.11 Å². The lowest BCUT2D eigenvalue weighted by molar-refractivity contribution is -0.135. The number of para-hydroxylation sites is 1. The average molecular weight is 193 g/mol. The number of methoxy groups -OCH3 is 1. The second kappa shape index (κ2) is 5.01. The molecule has 0 saturated heterocycles. The van der Waals surface area contributed by atoms with E-state index in [-0.39, 0.29) is 6.54 Å². The third kappa shape index (κ3) is 2.90. The molecular formula is C10H11NO3. The summed E-state index contributed by atoms with van der Waals surface area (Å²) in [5.41, 5.74) is 0.774. The first-order valence-corrected chi connectivity index (χ1v) is 4.08. The van der Waals surface area contributed by atoms with Crippen molar-refractivity contribution in [1.82, 2.24) is 0 Å². The predicted molar refractivity (Wildman–Crippen MR) is 53.1 cm³/mol. The van der Waals surface area contributed by atoms with Gasteiger partial charge < -0.3 is 9.84 Å². The molecule has 0 radical (unpaired) electrons. The molecule has 0 amide bonds. The van der Waals surface area contributed by atoms with Gasteiger partial charge in [-0.2, -0.15) is 0 Å². The van der Waals surface area contributed by atoms with Gasteiger partial charge in [0.15, 0.2) is 0 Å². The average Bonchev–Trinajstić information content (AvgIpc) is 2.18. The Bertz CT molecular complexity index is 347. The molecule has 1 aromatic carbocycles. The fraction of sp³-hybridized carbons (Fsp3) is 0.200. The predicted octanol–water partition coefficient (Wildman–Crippen LogP) is 1.20. The van der Waals surface area contributed by atoms with Gasteiger partial charge in [0.2, 0.25) is 0 Å². The van der Waals surface area contributed by atoms with Crippen molar-refractivity contribution in [2.45, 2.75) is 0 Å². The van der Waals surface area contributed by atoms with Gasteiger partial charge in [-0.3, -0.25) is 9.79 Å². The van der Waals surface area contributed by atoms with Crippen LogP contribution in [0.1, 0.15) is 5.56 Å². The quantitative estimate of drug-likeness (QED) is 0.731. The number of carboxylic acid groups (broad SMARTS) is 1. The summed E-state index contributed by atoms with van der Waals surface area (Å²) in [5.74, 6) is -0.266. The molecule has 0 saturated carbocycles. The number of hydrogen-bond donors (Lipinski definition) is 1. The van der Waals surface area contributed by atoms with Crippen molar-refractivity contribution in [3.63, 3.8) is 0 Å². The molecule has 74 valence electrons. The van der Waals surface area contributed by atoms with Gasteiger partial charge in [-0.05, 0) is 12.1 Å². The minimum Gasteiger partial charge on any atom is -0.496 e. The smallest absolute Gasteiger partial charge is 0.325 e. The zero-order chi connectivity index (χ0) is 10.4. The summed E-state index contributed by atoms with van der Waals surface area (Å²) in [4.78, 5) is 13.9. The first kappa shape index (κ1) is 10.2. The summed E-state index contributed by atoms with van der Waals surface area (Å²) in [7, 11) is 1.56. The van der Waals surface area contributed by atoms with Crippen molar-refractivity contribution in [3.8, 4) is 5.75 Å². The Kier molecular flexibility index (Phi) is 3.67. The molecule has 4 nitrogen and oxygen atoms in total. The highest BCUT2D eigenvalue weighted by Gasteiger charge is 1.97. The topological polar surface area (TPSA) is 58.9 Å². The van der Waals surface area contributed by atoms with Crippen LogP contribution >= 0.6 is 0 Å². The summed E-state index contributed by atoms with van der Waals surface area (Å²) in [6.07, 6.45) is 1.49.